The van der Waals surface area contributed by atoms with Crippen molar-refractivity contribution in [3.63, 3.8) is 0 Å². The Morgan fingerprint density at radius 3 is 2.79 bits per heavy atom. The van der Waals surface area contributed by atoms with Crippen molar-refractivity contribution in [2.45, 2.75) is 5.25 Å². The highest BCUT2D eigenvalue weighted by Crippen LogP contribution is 2.35. The Bertz CT molecular complexity index is 326. The third-order valence-corrected chi connectivity index (χ3v) is 6.19. The Kier molecular flexibility index (Phi) is 4.19. The van der Waals surface area contributed by atoms with Crippen LogP contribution >= 0.6 is 46.1 Å². The zero-order valence-electron chi connectivity index (χ0n) is 7.52. The summed E-state index contributed by atoms with van der Waals surface area (Å²) in [5.74, 6) is 1.21. The number of hydrogen-bond acceptors (Lipinski definition) is 3. The van der Waals surface area contributed by atoms with Gasteiger partial charge in [-0.05, 0) is 12.1 Å². The van der Waals surface area contributed by atoms with E-state index in [1.54, 1.807) is 0 Å². The van der Waals surface area contributed by atoms with Crippen molar-refractivity contribution in [1.82, 2.24) is 0 Å². The molecule has 1 atom stereocenters. The molecule has 1 aliphatic heterocycles. The summed E-state index contributed by atoms with van der Waals surface area (Å²) in [5.41, 5.74) is 1.07. The molecule has 0 saturated carbocycles. The Morgan fingerprint density at radius 2 is 2.14 bits per heavy atom. The van der Waals surface area contributed by atoms with Gasteiger partial charge in [-0.25, -0.2) is 4.99 Å². The first-order chi connectivity index (χ1) is 6.88. The first kappa shape index (κ1) is 10.8. The molecule has 1 saturated heterocycles. The number of nitrogens with zero attached hydrogens (tertiary/aromatic N) is 1. The van der Waals surface area contributed by atoms with Crippen LogP contribution < -0.4 is 0 Å². The lowest BCUT2D eigenvalue weighted by Gasteiger charge is -1.98. The Labute approximate surface area is 106 Å². The number of halogens is 1. The summed E-state index contributed by atoms with van der Waals surface area (Å²) in [5, 5.41) is 0.753. The van der Waals surface area contributed by atoms with Gasteiger partial charge in [0, 0.05) is 15.4 Å². The molecule has 0 amide bonds. The van der Waals surface area contributed by atoms with E-state index in [4.69, 9.17) is 0 Å². The average molecular weight is 335 g/mol. The van der Waals surface area contributed by atoms with Crippen LogP contribution in [0.3, 0.4) is 0 Å². The van der Waals surface area contributed by atoms with E-state index in [9.17, 15) is 0 Å². The minimum absolute atomic E-state index is 0.753. The van der Waals surface area contributed by atoms with Gasteiger partial charge >= 0.3 is 0 Å². The van der Waals surface area contributed by atoms with Gasteiger partial charge in [-0.2, -0.15) is 0 Å². The van der Waals surface area contributed by atoms with E-state index in [1.807, 2.05) is 53.9 Å². The normalized spacial score (nSPS) is 24.4. The van der Waals surface area contributed by atoms with Gasteiger partial charge in [0.1, 0.15) is 4.38 Å². The van der Waals surface area contributed by atoms with Crippen LogP contribution in [-0.4, -0.2) is 19.8 Å². The molecule has 4 heteroatoms. The van der Waals surface area contributed by atoms with E-state index in [1.165, 1.54) is 14.6 Å². The number of benzene rings is 1. The summed E-state index contributed by atoms with van der Waals surface area (Å²) in [4.78, 5) is 4.60. The number of alkyl halides is 1. The third kappa shape index (κ3) is 2.90. The lowest BCUT2D eigenvalue weighted by molar-refractivity contribution is 1.19. The highest BCUT2D eigenvalue weighted by molar-refractivity contribution is 14.1. The topological polar surface area (TPSA) is 12.4 Å². The van der Waals surface area contributed by atoms with E-state index < -0.39 is 0 Å². The highest BCUT2D eigenvalue weighted by atomic mass is 127. The second-order valence-corrected chi connectivity index (χ2v) is 6.36. The van der Waals surface area contributed by atoms with Crippen molar-refractivity contribution in [3.8, 4) is 0 Å². The second-order valence-electron chi connectivity index (χ2n) is 2.92. The highest BCUT2D eigenvalue weighted by Gasteiger charge is 2.20. The monoisotopic (exact) mass is 335 g/mol. The maximum Gasteiger partial charge on any atom is 0.130 e. The van der Waals surface area contributed by atoms with Gasteiger partial charge in [-0.3, -0.25) is 0 Å². The maximum absolute atomic E-state index is 4.60. The van der Waals surface area contributed by atoms with Gasteiger partial charge in [-0.15, -0.1) is 0 Å². The van der Waals surface area contributed by atoms with E-state index >= 15 is 0 Å². The molecule has 1 heterocycles. The molecule has 0 aromatic heterocycles. The van der Waals surface area contributed by atoms with Crippen molar-refractivity contribution < 1.29 is 0 Å². The molecule has 2 rings (SSSR count). The van der Waals surface area contributed by atoms with Crippen LogP contribution in [0.1, 0.15) is 0 Å². The van der Waals surface area contributed by atoms with Gasteiger partial charge in [0.2, 0.25) is 0 Å². The summed E-state index contributed by atoms with van der Waals surface area (Å²) in [7, 11) is 0. The van der Waals surface area contributed by atoms with Crippen LogP contribution in [0.15, 0.2) is 35.3 Å². The van der Waals surface area contributed by atoms with Gasteiger partial charge in [0.25, 0.3) is 0 Å². The first-order valence-corrected chi connectivity index (χ1v) is 7.77. The van der Waals surface area contributed by atoms with Gasteiger partial charge in [0.05, 0.1) is 5.69 Å². The minimum Gasteiger partial charge on any atom is -0.235 e. The average Bonchev–Trinajstić information content (AvgIpc) is 2.67. The molecule has 0 bridgehead atoms. The zero-order chi connectivity index (χ0) is 9.80. The quantitative estimate of drug-likeness (QED) is 0.599. The Hall–Kier alpha value is 0.320. The van der Waals surface area contributed by atoms with Crippen LogP contribution in [-0.2, 0) is 0 Å². The van der Waals surface area contributed by atoms with Crippen LogP contribution in [0, 0.1) is 0 Å². The molecule has 0 aliphatic carbocycles. The number of para-hydroxylation sites is 1. The van der Waals surface area contributed by atoms with Crippen molar-refractivity contribution in [2.24, 2.45) is 4.99 Å². The van der Waals surface area contributed by atoms with E-state index in [2.05, 4.69) is 27.6 Å². The molecule has 0 radical (unpaired) electrons. The smallest absolute Gasteiger partial charge is 0.130 e. The van der Waals surface area contributed by atoms with Crippen LogP contribution in [0.25, 0.3) is 0 Å². The largest absolute Gasteiger partial charge is 0.235 e. The Balaban J connectivity index is 2.06. The van der Waals surface area contributed by atoms with Crippen molar-refractivity contribution >= 4 is 56.2 Å². The molecule has 0 spiro atoms. The summed E-state index contributed by atoms with van der Waals surface area (Å²) in [6.45, 7) is 0. The summed E-state index contributed by atoms with van der Waals surface area (Å²) < 4.78 is 2.43. The number of thioether (sulfide) groups is 2. The van der Waals surface area contributed by atoms with Crippen molar-refractivity contribution in [2.75, 3.05) is 10.2 Å². The fraction of sp³-hybridized carbons (Fsp3) is 0.300. The zero-order valence-corrected chi connectivity index (χ0v) is 11.3. The standard InChI is InChI=1S/C10H10INS2/c11-6-9-7-13-10(14-9)12-8-4-2-1-3-5-8/h1-5,9H,6-7H2. The fourth-order valence-electron chi connectivity index (χ4n) is 1.12. The lowest BCUT2D eigenvalue weighted by atomic mass is 10.3. The van der Waals surface area contributed by atoms with Crippen molar-refractivity contribution in [3.05, 3.63) is 30.3 Å². The lowest BCUT2D eigenvalue weighted by Crippen LogP contribution is -2.00. The molecule has 1 aromatic carbocycles. The molecule has 1 aliphatic rings. The number of hydrogen-bond donors (Lipinski definition) is 0. The number of aliphatic imine (C=N–C) groups is 1. The summed E-state index contributed by atoms with van der Waals surface area (Å²) in [6, 6.07) is 10.2. The van der Waals surface area contributed by atoms with E-state index in [0.717, 1.165) is 10.9 Å². The molecule has 1 unspecified atom stereocenters. The predicted octanol–water partition coefficient (Wildman–Crippen LogP) is 3.96. The van der Waals surface area contributed by atoms with Crippen LogP contribution in [0.2, 0.25) is 0 Å². The third-order valence-electron chi connectivity index (χ3n) is 1.81. The molecular weight excluding hydrogens is 325 g/mol. The molecule has 14 heavy (non-hydrogen) atoms. The van der Waals surface area contributed by atoms with E-state index in [0.29, 0.717) is 0 Å². The predicted molar refractivity (Wildman–Crippen MR) is 76.3 cm³/mol. The van der Waals surface area contributed by atoms with E-state index in [-0.39, 0.29) is 0 Å². The molecule has 1 nitrogen and oxygen atoms in total. The van der Waals surface area contributed by atoms with Gasteiger partial charge in [-0.1, -0.05) is 64.3 Å². The molecule has 1 aromatic rings. The van der Waals surface area contributed by atoms with Crippen LogP contribution in [0.5, 0.6) is 0 Å². The first-order valence-electron chi connectivity index (χ1n) is 4.37. The summed E-state index contributed by atoms with van der Waals surface area (Å²) in [6.07, 6.45) is 0. The Morgan fingerprint density at radius 1 is 1.36 bits per heavy atom. The molecule has 74 valence electrons. The molecule has 1 fully saturated rings. The van der Waals surface area contributed by atoms with Gasteiger partial charge in [0.15, 0.2) is 0 Å². The second kappa shape index (κ2) is 5.42. The van der Waals surface area contributed by atoms with Gasteiger partial charge < -0.3 is 0 Å². The fourth-order valence-corrected chi connectivity index (χ4v) is 4.87. The molecule has 0 N–H and O–H groups in total. The summed E-state index contributed by atoms with van der Waals surface area (Å²) >= 11 is 6.23. The minimum atomic E-state index is 0.753. The van der Waals surface area contributed by atoms with Crippen molar-refractivity contribution in [1.29, 1.82) is 0 Å². The number of rotatable bonds is 2. The van der Waals surface area contributed by atoms with Crippen LogP contribution in [0.4, 0.5) is 5.69 Å². The SMILES string of the molecule is ICC1CSC(=Nc2ccccc2)S1. The maximum atomic E-state index is 4.60. The molecular formula is C10H10INS2.